The van der Waals surface area contributed by atoms with E-state index in [1.165, 1.54) is 0 Å². The Morgan fingerprint density at radius 2 is 1.89 bits per heavy atom. The van der Waals surface area contributed by atoms with Crippen LogP contribution in [0.3, 0.4) is 0 Å². The maximum absolute atomic E-state index is 12.2. The van der Waals surface area contributed by atoms with E-state index in [-0.39, 0.29) is 18.5 Å². The number of aromatic nitrogens is 2. The summed E-state index contributed by atoms with van der Waals surface area (Å²) in [6.07, 6.45) is 0.467. The molecule has 0 aliphatic heterocycles. The van der Waals surface area contributed by atoms with Crippen LogP contribution in [0.2, 0.25) is 5.02 Å². The molecular formula is C26H30ClN3O6. The lowest BCUT2D eigenvalue weighted by molar-refractivity contribution is -0.156. The van der Waals surface area contributed by atoms with Crippen molar-refractivity contribution in [3.05, 3.63) is 65.0 Å². The smallest absolute Gasteiger partial charge is 0.335 e. The van der Waals surface area contributed by atoms with Gasteiger partial charge in [0.25, 0.3) is 5.89 Å². The van der Waals surface area contributed by atoms with Gasteiger partial charge in [0, 0.05) is 23.6 Å². The van der Waals surface area contributed by atoms with Crippen LogP contribution in [0.5, 0.6) is 5.75 Å². The van der Waals surface area contributed by atoms with Crippen LogP contribution < -0.4 is 4.74 Å². The van der Waals surface area contributed by atoms with E-state index in [0.29, 0.717) is 48.6 Å². The van der Waals surface area contributed by atoms with Crippen molar-refractivity contribution in [2.24, 2.45) is 5.16 Å². The Morgan fingerprint density at radius 1 is 1.08 bits per heavy atom. The van der Waals surface area contributed by atoms with Crippen molar-refractivity contribution in [2.75, 3.05) is 26.4 Å². The van der Waals surface area contributed by atoms with Crippen molar-refractivity contribution >= 4 is 23.3 Å². The van der Waals surface area contributed by atoms with Gasteiger partial charge in [-0.1, -0.05) is 35.8 Å². The lowest BCUT2D eigenvalue weighted by atomic mass is 10.1. The van der Waals surface area contributed by atoms with E-state index < -0.39 is 6.10 Å². The van der Waals surface area contributed by atoms with E-state index in [0.717, 1.165) is 17.5 Å². The highest BCUT2D eigenvalue weighted by molar-refractivity contribution is 6.30. The van der Waals surface area contributed by atoms with Crippen LogP contribution in [-0.2, 0) is 25.5 Å². The molecule has 0 spiro atoms. The fourth-order valence-corrected chi connectivity index (χ4v) is 3.29. The van der Waals surface area contributed by atoms with Crippen molar-refractivity contribution < 1.29 is 28.3 Å². The molecule has 1 heterocycles. The minimum atomic E-state index is -0.686. The summed E-state index contributed by atoms with van der Waals surface area (Å²) < 4.78 is 22.5. The van der Waals surface area contributed by atoms with Gasteiger partial charge in [0.2, 0.25) is 5.89 Å². The van der Waals surface area contributed by atoms with Gasteiger partial charge in [-0.25, -0.2) is 4.79 Å². The average Bonchev–Trinajstić information content (AvgIpc) is 3.37. The molecule has 0 fully saturated rings. The molecule has 0 aliphatic rings. The molecule has 0 bridgehead atoms. The van der Waals surface area contributed by atoms with Gasteiger partial charge in [-0.05, 0) is 62.2 Å². The fraction of sp³-hybridized carbons (Fsp3) is 0.385. The predicted molar refractivity (Wildman–Crippen MR) is 135 cm³/mol. The van der Waals surface area contributed by atoms with Crippen molar-refractivity contribution in [3.63, 3.8) is 0 Å². The monoisotopic (exact) mass is 515 g/mol. The van der Waals surface area contributed by atoms with Gasteiger partial charge in [-0.15, -0.1) is 10.2 Å². The second-order valence-electron chi connectivity index (χ2n) is 7.63. The lowest BCUT2D eigenvalue weighted by Crippen LogP contribution is -2.29. The molecule has 2 aromatic carbocycles. The highest BCUT2D eigenvalue weighted by Gasteiger charge is 2.21. The molecular weight excluding hydrogens is 486 g/mol. The van der Waals surface area contributed by atoms with E-state index in [4.69, 9.17) is 35.1 Å². The van der Waals surface area contributed by atoms with Crippen LogP contribution in [0.15, 0.2) is 58.1 Å². The van der Waals surface area contributed by atoms with E-state index in [1.54, 1.807) is 37.3 Å². The molecule has 0 saturated heterocycles. The van der Waals surface area contributed by atoms with E-state index in [1.807, 2.05) is 32.0 Å². The topological polar surface area (TPSA) is 105 Å². The number of halogens is 1. The Kier molecular flexibility index (Phi) is 10.7. The summed E-state index contributed by atoms with van der Waals surface area (Å²) in [5.74, 6) is 0.701. The Hall–Kier alpha value is -3.43. The number of esters is 1. The number of ether oxygens (including phenoxy) is 3. The van der Waals surface area contributed by atoms with Gasteiger partial charge in [0.05, 0.1) is 6.61 Å². The summed E-state index contributed by atoms with van der Waals surface area (Å²) >= 11 is 5.96. The number of hydrogen-bond acceptors (Lipinski definition) is 9. The first-order valence-corrected chi connectivity index (χ1v) is 12.2. The molecule has 0 N–H and O–H groups in total. The largest absolute Gasteiger partial charge is 0.487 e. The van der Waals surface area contributed by atoms with E-state index in [9.17, 15) is 4.79 Å². The van der Waals surface area contributed by atoms with Gasteiger partial charge in [0.15, 0.2) is 11.8 Å². The molecule has 0 aliphatic carbocycles. The molecule has 9 nitrogen and oxygen atoms in total. The SMILES string of the molecule is CCCO/N=C(\COc1cccc(CC(OCC)C(=O)OCC)c1)c1nnc(-c2ccc(Cl)cc2)o1. The molecule has 1 unspecified atom stereocenters. The van der Waals surface area contributed by atoms with Gasteiger partial charge < -0.3 is 23.5 Å². The van der Waals surface area contributed by atoms with Crippen LogP contribution >= 0.6 is 11.6 Å². The first-order chi connectivity index (χ1) is 17.5. The molecule has 0 radical (unpaired) electrons. The molecule has 192 valence electrons. The normalized spacial score (nSPS) is 12.3. The second-order valence-corrected chi connectivity index (χ2v) is 8.06. The molecule has 10 heteroatoms. The summed E-state index contributed by atoms with van der Waals surface area (Å²) in [5.41, 5.74) is 1.94. The summed E-state index contributed by atoms with van der Waals surface area (Å²) in [6.45, 7) is 6.74. The average molecular weight is 516 g/mol. The third-order valence-electron chi connectivity index (χ3n) is 4.85. The van der Waals surface area contributed by atoms with Gasteiger partial charge in [-0.3, -0.25) is 0 Å². The van der Waals surface area contributed by atoms with Gasteiger partial charge in [-0.2, -0.15) is 0 Å². The molecule has 1 aromatic heterocycles. The highest BCUT2D eigenvalue weighted by atomic mass is 35.5. The zero-order chi connectivity index (χ0) is 25.8. The van der Waals surface area contributed by atoms with Crippen molar-refractivity contribution in [1.82, 2.24) is 10.2 Å². The van der Waals surface area contributed by atoms with E-state index >= 15 is 0 Å². The molecule has 36 heavy (non-hydrogen) atoms. The minimum absolute atomic E-state index is 0.0299. The van der Waals surface area contributed by atoms with Crippen LogP contribution in [-0.4, -0.2) is 54.4 Å². The Bertz CT molecular complexity index is 1130. The maximum Gasteiger partial charge on any atom is 0.335 e. The Balaban J connectivity index is 1.72. The van der Waals surface area contributed by atoms with Crippen molar-refractivity contribution in [2.45, 2.75) is 39.7 Å². The number of carbonyl (C=O) groups is 1. The molecule has 1 atom stereocenters. The molecule has 3 rings (SSSR count). The summed E-state index contributed by atoms with van der Waals surface area (Å²) in [4.78, 5) is 17.6. The van der Waals surface area contributed by atoms with E-state index in [2.05, 4.69) is 15.4 Å². The maximum atomic E-state index is 12.2. The molecule has 0 amide bonds. The van der Waals surface area contributed by atoms with Crippen LogP contribution in [0.25, 0.3) is 11.5 Å². The number of benzene rings is 2. The van der Waals surface area contributed by atoms with Crippen LogP contribution in [0, 0.1) is 0 Å². The standard InChI is InChI=1S/C26H30ClN3O6/c1-4-14-35-30-22(25-29-28-24(36-25)19-10-12-20(27)13-11-19)17-34-21-9-7-8-18(15-21)16-23(32-5-2)26(31)33-6-3/h7-13,15,23H,4-6,14,16-17H2,1-3H3/b30-22+. The third-order valence-corrected chi connectivity index (χ3v) is 5.10. The highest BCUT2D eigenvalue weighted by Crippen LogP contribution is 2.21. The summed E-state index contributed by atoms with van der Waals surface area (Å²) in [7, 11) is 0. The van der Waals surface area contributed by atoms with Crippen molar-refractivity contribution in [3.8, 4) is 17.2 Å². The minimum Gasteiger partial charge on any atom is -0.487 e. The Morgan fingerprint density at radius 3 is 2.61 bits per heavy atom. The number of rotatable bonds is 14. The quantitative estimate of drug-likeness (QED) is 0.126. The lowest BCUT2D eigenvalue weighted by Gasteiger charge is -2.16. The predicted octanol–water partition coefficient (Wildman–Crippen LogP) is 5.11. The summed E-state index contributed by atoms with van der Waals surface area (Å²) in [6, 6.07) is 14.4. The zero-order valence-electron chi connectivity index (χ0n) is 20.6. The van der Waals surface area contributed by atoms with Crippen LogP contribution in [0.4, 0.5) is 0 Å². The first kappa shape index (κ1) is 27.2. The molecule has 0 saturated carbocycles. The van der Waals surface area contributed by atoms with Crippen molar-refractivity contribution in [1.29, 1.82) is 0 Å². The zero-order valence-corrected chi connectivity index (χ0v) is 21.4. The number of hydrogen-bond donors (Lipinski definition) is 0. The van der Waals surface area contributed by atoms with Gasteiger partial charge in [0.1, 0.15) is 19.0 Å². The number of nitrogens with zero attached hydrogens (tertiary/aromatic N) is 3. The number of oxime groups is 1. The first-order valence-electron chi connectivity index (χ1n) is 11.8. The van der Waals surface area contributed by atoms with Crippen LogP contribution in [0.1, 0.15) is 38.6 Å². The Labute approximate surface area is 215 Å². The third kappa shape index (κ3) is 8.07. The second kappa shape index (κ2) is 14.2. The number of carbonyl (C=O) groups excluding carboxylic acids is 1. The summed E-state index contributed by atoms with van der Waals surface area (Å²) in [5, 5.41) is 13.0. The fourth-order valence-electron chi connectivity index (χ4n) is 3.17. The molecule has 3 aromatic rings. The van der Waals surface area contributed by atoms with Gasteiger partial charge >= 0.3 is 5.97 Å².